The van der Waals surface area contributed by atoms with Crippen molar-refractivity contribution in [3.05, 3.63) is 171 Å². The van der Waals surface area contributed by atoms with Crippen LogP contribution in [0.3, 0.4) is 0 Å². The molecule has 0 atom stereocenters. The minimum Gasteiger partial charge on any atom is -0.254 e. The zero-order chi connectivity index (χ0) is 37.0. The summed E-state index contributed by atoms with van der Waals surface area (Å²) < 4.78 is 0. The van der Waals surface area contributed by atoms with Gasteiger partial charge in [-0.15, -0.1) is 0 Å². The van der Waals surface area contributed by atoms with Gasteiger partial charge in [0, 0.05) is 69.0 Å². The molecule has 0 aliphatic heterocycles. The third kappa shape index (κ3) is 5.39. The van der Waals surface area contributed by atoms with Crippen LogP contribution in [0.4, 0.5) is 0 Å². The lowest BCUT2D eigenvalue weighted by Crippen LogP contribution is -2.01. The minimum atomic E-state index is 0.490. The molecule has 0 unspecified atom stereocenters. The van der Waals surface area contributed by atoms with E-state index in [2.05, 4.69) is 66.7 Å². The number of hydrogen-bond donors (Lipinski definition) is 0. The highest BCUT2D eigenvalue weighted by molar-refractivity contribution is 6.12. The molecule has 5 aromatic carbocycles. The van der Waals surface area contributed by atoms with E-state index in [4.69, 9.17) is 39.9 Å². The quantitative estimate of drug-likeness (QED) is 0.162. The van der Waals surface area contributed by atoms with Gasteiger partial charge in [-0.3, -0.25) is 24.9 Å². The van der Waals surface area contributed by atoms with E-state index in [0.29, 0.717) is 23.2 Å². The highest BCUT2D eigenvalue weighted by Crippen LogP contribution is 2.40. The average Bonchev–Trinajstić information content (AvgIpc) is 3.28. The van der Waals surface area contributed by atoms with Crippen LogP contribution in [0.5, 0.6) is 0 Å². The first-order valence-electron chi connectivity index (χ1n) is 18.3. The van der Waals surface area contributed by atoms with Crippen LogP contribution >= 0.6 is 0 Å². The molecule has 11 rings (SSSR count). The molecule has 0 aliphatic rings. The highest BCUT2D eigenvalue weighted by atomic mass is 15.0. The van der Waals surface area contributed by atoms with E-state index < -0.39 is 0 Å². The number of benzene rings is 5. The van der Waals surface area contributed by atoms with Gasteiger partial charge in [-0.1, -0.05) is 78.9 Å². The maximum Gasteiger partial charge on any atom is 0.182 e. The Balaban J connectivity index is 1.22. The number of rotatable bonds is 5. The average molecular weight is 717 g/mol. The summed E-state index contributed by atoms with van der Waals surface area (Å²) in [5.74, 6) is 1.58. The number of aromatic nitrogens is 8. The number of fused-ring (bicyclic) bond motifs is 7. The normalized spacial score (nSPS) is 11.6. The lowest BCUT2D eigenvalue weighted by atomic mass is 9.91. The second-order valence-corrected chi connectivity index (χ2v) is 13.7. The van der Waals surface area contributed by atoms with Crippen molar-refractivity contribution in [3.8, 4) is 56.5 Å². The molecule has 0 fully saturated rings. The number of pyridine rings is 5. The summed E-state index contributed by atoms with van der Waals surface area (Å²) in [6, 6.07) is 47.4. The monoisotopic (exact) mass is 716 g/mol. The third-order valence-corrected chi connectivity index (χ3v) is 10.3. The summed E-state index contributed by atoms with van der Waals surface area (Å²) >= 11 is 0. The number of hydrogen-bond acceptors (Lipinski definition) is 8. The van der Waals surface area contributed by atoms with Crippen LogP contribution in [-0.4, -0.2) is 39.9 Å². The number of nitrogens with zero attached hydrogens (tertiary/aromatic N) is 8. The van der Waals surface area contributed by atoms with Crippen LogP contribution in [0.1, 0.15) is 0 Å². The van der Waals surface area contributed by atoms with Gasteiger partial charge in [0.05, 0.1) is 22.1 Å². The molecular formula is C48H28N8. The summed E-state index contributed by atoms with van der Waals surface area (Å²) in [4.78, 5) is 39.3. The van der Waals surface area contributed by atoms with Gasteiger partial charge in [0.2, 0.25) is 0 Å². The molecule has 0 saturated carbocycles. The van der Waals surface area contributed by atoms with Crippen molar-refractivity contribution in [3.63, 3.8) is 0 Å². The van der Waals surface area contributed by atoms with Crippen molar-refractivity contribution in [2.24, 2.45) is 0 Å². The molecule has 0 N–H and O–H groups in total. The summed E-state index contributed by atoms with van der Waals surface area (Å²) in [6.07, 6.45) is 9.15. The predicted octanol–water partition coefficient (Wildman–Crippen LogP) is 10.9. The Morgan fingerprint density at radius 1 is 0.304 bits per heavy atom. The molecule has 6 aromatic heterocycles. The molecule has 8 nitrogen and oxygen atoms in total. The molecule has 8 heteroatoms. The van der Waals surface area contributed by atoms with E-state index in [1.54, 1.807) is 0 Å². The van der Waals surface area contributed by atoms with Crippen molar-refractivity contribution in [1.29, 1.82) is 0 Å². The van der Waals surface area contributed by atoms with Gasteiger partial charge in [-0.05, 0) is 88.3 Å². The standard InChI is InChI=1S/C48H28N8/c1-2-10-29(11-3-1)46-54-47(56-48(55-46)41-27-30-12-4-5-13-33(30)28-53-41)36-23-34(39-25-31-14-6-18-49-42(31)44-37(39)16-8-20-51-44)22-35(24-36)40-26-32-15-7-19-50-43(32)45-38(40)17-9-21-52-45/h1-28H. The molecule has 0 amide bonds. The Morgan fingerprint density at radius 3 is 1.41 bits per heavy atom. The Hall–Kier alpha value is -7.84. The van der Waals surface area contributed by atoms with Crippen LogP contribution in [0.15, 0.2) is 171 Å². The van der Waals surface area contributed by atoms with Gasteiger partial charge in [-0.25, -0.2) is 15.0 Å². The van der Waals surface area contributed by atoms with E-state index in [1.165, 1.54) is 0 Å². The van der Waals surface area contributed by atoms with Crippen LogP contribution in [0, 0.1) is 0 Å². The lowest BCUT2D eigenvalue weighted by molar-refractivity contribution is 1.06. The third-order valence-electron chi connectivity index (χ3n) is 10.3. The van der Waals surface area contributed by atoms with Crippen molar-refractivity contribution in [1.82, 2.24) is 39.9 Å². The molecule has 0 saturated heterocycles. The van der Waals surface area contributed by atoms with Crippen LogP contribution in [0.25, 0.3) is 111 Å². The molecule has 260 valence electrons. The highest BCUT2D eigenvalue weighted by Gasteiger charge is 2.19. The molecule has 6 heterocycles. The molecule has 11 aromatic rings. The predicted molar refractivity (Wildman–Crippen MR) is 224 cm³/mol. The molecule has 0 bridgehead atoms. The second-order valence-electron chi connectivity index (χ2n) is 13.7. The Morgan fingerprint density at radius 2 is 0.786 bits per heavy atom. The summed E-state index contributed by atoms with van der Waals surface area (Å²) in [6.45, 7) is 0. The van der Waals surface area contributed by atoms with E-state index in [9.17, 15) is 0 Å². The van der Waals surface area contributed by atoms with Gasteiger partial charge in [0.25, 0.3) is 0 Å². The maximum absolute atomic E-state index is 5.17. The fraction of sp³-hybridized carbons (Fsp3) is 0. The van der Waals surface area contributed by atoms with Crippen molar-refractivity contribution >= 4 is 54.4 Å². The molecule has 0 spiro atoms. The van der Waals surface area contributed by atoms with E-state index in [0.717, 1.165) is 87.8 Å². The van der Waals surface area contributed by atoms with Crippen molar-refractivity contribution in [2.75, 3.05) is 0 Å². The smallest absolute Gasteiger partial charge is 0.182 e. The molecule has 56 heavy (non-hydrogen) atoms. The molecular weight excluding hydrogens is 689 g/mol. The Labute approximate surface area is 320 Å². The van der Waals surface area contributed by atoms with Gasteiger partial charge < -0.3 is 0 Å². The fourth-order valence-electron chi connectivity index (χ4n) is 7.64. The summed E-state index contributed by atoms with van der Waals surface area (Å²) in [5, 5.41) is 6.11. The Bertz CT molecular complexity index is 3190. The van der Waals surface area contributed by atoms with E-state index >= 15 is 0 Å². The van der Waals surface area contributed by atoms with Crippen molar-refractivity contribution in [2.45, 2.75) is 0 Å². The minimum absolute atomic E-state index is 0.490. The largest absolute Gasteiger partial charge is 0.254 e. The summed E-state index contributed by atoms with van der Waals surface area (Å²) in [7, 11) is 0. The van der Waals surface area contributed by atoms with Crippen LogP contribution in [0.2, 0.25) is 0 Å². The van der Waals surface area contributed by atoms with Crippen molar-refractivity contribution < 1.29 is 0 Å². The van der Waals surface area contributed by atoms with Gasteiger partial charge in [0.1, 0.15) is 5.69 Å². The van der Waals surface area contributed by atoms with E-state index in [-0.39, 0.29) is 0 Å². The van der Waals surface area contributed by atoms with Gasteiger partial charge >= 0.3 is 0 Å². The first-order chi connectivity index (χ1) is 27.7. The fourth-order valence-corrected chi connectivity index (χ4v) is 7.64. The van der Waals surface area contributed by atoms with Crippen LogP contribution in [-0.2, 0) is 0 Å². The Kier molecular flexibility index (Phi) is 7.31. The van der Waals surface area contributed by atoms with E-state index in [1.807, 2.05) is 104 Å². The SMILES string of the molecule is c1ccc(-c2nc(-c3cc(-c4cc5cccnc5c5ncccc45)cc(-c4cc5cccnc5c5ncccc45)c3)nc(-c3cc4ccccc4cn3)n2)cc1. The maximum atomic E-state index is 5.17. The lowest BCUT2D eigenvalue weighted by Gasteiger charge is -2.16. The first kappa shape index (κ1) is 31.7. The zero-order valence-electron chi connectivity index (χ0n) is 29.7. The topological polar surface area (TPSA) is 103 Å². The zero-order valence-corrected chi connectivity index (χ0v) is 29.7. The molecule has 0 aliphatic carbocycles. The van der Waals surface area contributed by atoms with Gasteiger partial charge in [-0.2, -0.15) is 0 Å². The van der Waals surface area contributed by atoms with Gasteiger partial charge in [0.15, 0.2) is 17.5 Å². The second kappa shape index (κ2) is 12.9. The summed E-state index contributed by atoms with van der Waals surface area (Å²) in [5.41, 5.74) is 9.79. The first-order valence-corrected chi connectivity index (χ1v) is 18.3. The molecule has 0 radical (unpaired) electrons. The van der Waals surface area contributed by atoms with Crippen LogP contribution < -0.4 is 0 Å².